The maximum absolute atomic E-state index is 14.1. The molecular formula is C28H38FN5O2. The minimum atomic E-state index is -0.360. The minimum absolute atomic E-state index is 0.0717. The maximum atomic E-state index is 14.1. The highest BCUT2D eigenvalue weighted by atomic mass is 19.1. The second-order valence-electron chi connectivity index (χ2n) is 10.8. The van der Waals surface area contributed by atoms with Crippen molar-refractivity contribution in [3.63, 3.8) is 0 Å². The highest BCUT2D eigenvalue weighted by molar-refractivity contribution is 5.82. The van der Waals surface area contributed by atoms with E-state index in [1.807, 2.05) is 15.5 Å². The molecule has 2 fully saturated rings. The van der Waals surface area contributed by atoms with Crippen molar-refractivity contribution in [2.75, 3.05) is 26.2 Å². The molecule has 3 aliphatic rings. The molecule has 0 bridgehead atoms. The summed E-state index contributed by atoms with van der Waals surface area (Å²) >= 11 is 0. The van der Waals surface area contributed by atoms with Crippen LogP contribution in [0, 0.1) is 11.7 Å². The molecule has 194 valence electrons. The number of amides is 1. The minimum Gasteiger partial charge on any atom is -0.337 e. The van der Waals surface area contributed by atoms with Crippen LogP contribution in [0.2, 0.25) is 0 Å². The van der Waals surface area contributed by atoms with E-state index in [1.54, 1.807) is 12.1 Å². The van der Waals surface area contributed by atoms with E-state index in [0.717, 1.165) is 37.3 Å². The van der Waals surface area contributed by atoms with Crippen LogP contribution in [0.15, 0.2) is 35.1 Å². The number of benzene rings is 1. The Morgan fingerprint density at radius 2 is 1.89 bits per heavy atom. The van der Waals surface area contributed by atoms with Crippen molar-refractivity contribution >= 4 is 5.91 Å². The molecule has 4 heterocycles. The zero-order valence-corrected chi connectivity index (χ0v) is 21.4. The van der Waals surface area contributed by atoms with Gasteiger partial charge in [0.25, 0.3) is 5.56 Å². The summed E-state index contributed by atoms with van der Waals surface area (Å²) in [6.45, 7) is 8.95. The number of carbonyl (C=O) groups excluding carboxylic acids is 1. The fraction of sp³-hybridized carbons (Fsp3) is 0.571. The average molecular weight is 496 g/mol. The Morgan fingerprint density at radius 3 is 2.61 bits per heavy atom. The Hall–Kier alpha value is -2.55. The molecule has 2 saturated heterocycles. The SMILES string of the molecule is CC(C)C1CC(C(=O)N2CCc3c(cc(-c4cccc(F)c4)c(=O)n3CCN3CCCCC3)C2)NN1. The third-order valence-corrected chi connectivity index (χ3v) is 8.04. The summed E-state index contributed by atoms with van der Waals surface area (Å²) in [4.78, 5) is 31.4. The van der Waals surface area contributed by atoms with Crippen LogP contribution in [0.4, 0.5) is 4.39 Å². The molecular weight excluding hydrogens is 457 g/mol. The first-order valence-corrected chi connectivity index (χ1v) is 13.4. The number of rotatable bonds is 6. The van der Waals surface area contributed by atoms with Crippen molar-refractivity contribution in [2.24, 2.45) is 5.92 Å². The normalized spacial score (nSPS) is 22.7. The number of nitrogens with one attached hydrogen (secondary N) is 2. The van der Waals surface area contributed by atoms with Crippen molar-refractivity contribution < 1.29 is 9.18 Å². The van der Waals surface area contributed by atoms with Crippen molar-refractivity contribution in [1.29, 1.82) is 0 Å². The van der Waals surface area contributed by atoms with Crippen LogP contribution in [-0.4, -0.2) is 58.5 Å². The number of aromatic nitrogens is 1. The van der Waals surface area contributed by atoms with Crippen LogP contribution in [0.3, 0.4) is 0 Å². The van der Waals surface area contributed by atoms with Gasteiger partial charge < -0.3 is 14.4 Å². The molecule has 8 heteroatoms. The van der Waals surface area contributed by atoms with E-state index in [4.69, 9.17) is 0 Å². The van der Waals surface area contributed by atoms with Gasteiger partial charge in [-0.05, 0) is 67.6 Å². The van der Waals surface area contributed by atoms with Gasteiger partial charge in [0.1, 0.15) is 11.9 Å². The fourth-order valence-corrected chi connectivity index (χ4v) is 5.83. The van der Waals surface area contributed by atoms with Crippen LogP contribution < -0.4 is 16.4 Å². The van der Waals surface area contributed by atoms with Gasteiger partial charge in [0.2, 0.25) is 5.91 Å². The van der Waals surface area contributed by atoms with E-state index in [2.05, 4.69) is 29.6 Å². The number of fused-ring (bicyclic) bond motifs is 1. The summed E-state index contributed by atoms with van der Waals surface area (Å²) in [5.41, 5.74) is 9.46. The van der Waals surface area contributed by atoms with E-state index < -0.39 is 0 Å². The summed E-state index contributed by atoms with van der Waals surface area (Å²) in [6.07, 6.45) is 5.09. The fourth-order valence-electron chi connectivity index (χ4n) is 5.83. The standard InChI is InChI=1S/C28H38FN5O2/c1-19(2)24-17-25(31-30-24)28(36)33-12-9-26-21(18-33)16-23(20-7-6-8-22(29)15-20)27(35)34(26)14-13-32-10-4-3-5-11-32/h6-8,15-16,19,24-25,30-31H,3-5,9-14,17-18H2,1-2H3. The van der Waals surface area contributed by atoms with Gasteiger partial charge in [-0.25, -0.2) is 9.82 Å². The first-order chi connectivity index (χ1) is 17.4. The van der Waals surface area contributed by atoms with Gasteiger partial charge in [-0.3, -0.25) is 15.0 Å². The number of likely N-dealkylation sites (tertiary alicyclic amines) is 1. The van der Waals surface area contributed by atoms with Crippen LogP contribution in [0.25, 0.3) is 11.1 Å². The lowest BCUT2D eigenvalue weighted by Gasteiger charge is -2.33. The quantitative estimate of drug-likeness (QED) is 0.645. The first kappa shape index (κ1) is 25.1. The van der Waals surface area contributed by atoms with E-state index in [1.165, 1.54) is 31.4 Å². The number of pyridine rings is 1. The number of hydrazine groups is 1. The summed E-state index contributed by atoms with van der Waals surface area (Å²) < 4.78 is 16.0. The Bertz CT molecular complexity index is 1160. The van der Waals surface area contributed by atoms with Crippen molar-refractivity contribution in [1.82, 2.24) is 25.2 Å². The summed E-state index contributed by atoms with van der Waals surface area (Å²) in [6, 6.07) is 8.16. The number of halogens is 1. The lowest BCUT2D eigenvalue weighted by molar-refractivity contribution is -0.134. The van der Waals surface area contributed by atoms with Crippen molar-refractivity contribution in [3.8, 4) is 11.1 Å². The Labute approximate surface area is 212 Å². The van der Waals surface area contributed by atoms with Gasteiger partial charge in [0, 0.05) is 49.9 Å². The van der Waals surface area contributed by atoms with Gasteiger partial charge >= 0.3 is 0 Å². The van der Waals surface area contributed by atoms with E-state index in [9.17, 15) is 14.0 Å². The van der Waals surface area contributed by atoms with Crippen LogP contribution >= 0.6 is 0 Å². The molecule has 2 aromatic rings. The number of carbonyl (C=O) groups is 1. The smallest absolute Gasteiger partial charge is 0.258 e. The predicted molar refractivity (Wildman–Crippen MR) is 139 cm³/mol. The first-order valence-electron chi connectivity index (χ1n) is 13.4. The van der Waals surface area contributed by atoms with Crippen molar-refractivity contribution in [2.45, 2.75) is 71.1 Å². The third kappa shape index (κ3) is 5.26. The maximum Gasteiger partial charge on any atom is 0.258 e. The molecule has 0 aliphatic carbocycles. The molecule has 0 spiro atoms. The Balaban J connectivity index is 1.43. The molecule has 2 unspecified atom stereocenters. The summed E-state index contributed by atoms with van der Waals surface area (Å²) in [7, 11) is 0. The Kier molecular flexibility index (Phi) is 7.55. The largest absolute Gasteiger partial charge is 0.337 e. The van der Waals surface area contributed by atoms with Gasteiger partial charge in [0.15, 0.2) is 0 Å². The van der Waals surface area contributed by atoms with Crippen LogP contribution in [0.1, 0.15) is 50.8 Å². The van der Waals surface area contributed by atoms with Gasteiger partial charge in [0.05, 0.1) is 0 Å². The molecule has 2 N–H and O–H groups in total. The Morgan fingerprint density at radius 1 is 1.08 bits per heavy atom. The van der Waals surface area contributed by atoms with Gasteiger partial charge in [-0.2, -0.15) is 0 Å². The molecule has 7 nitrogen and oxygen atoms in total. The molecule has 1 aromatic heterocycles. The highest BCUT2D eigenvalue weighted by Crippen LogP contribution is 2.26. The zero-order chi connectivity index (χ0) is 25.2. The number of nitrogens with zero attached hydrogens (tertiary/aromatic N) is 3. The van der Waals surface area contributed by atoms with Gasteiger partial charge in [-0.1, -0.05) is 32.4 Å². The van der Waals surface area contributed by atoms with Crippen molar-refractivity contribution in [3.05, 3.63) is 57.8 Å². The third-order valence-electron chi connectivity index (χ3n) is 8.04. The van der Waals surface area contributed by atoms with E-state index in [-0.39, 0.29) is 29.4 Å². The molecule has 1 amide bonds. The zero-order valence-electron chi connectivity index (χ0n) is 21.4. The molecule has 2 atom stereocenters. The summed E-state index contributed by atoms with van der Waals surface area (Å²) in [5, 5.41) is 0. The summed E-state index contributed by atoms with van der Waals surface area (Å²) in [5.74, 6) is 0.177. The number of hydrogen-bond acceptors (Lipinski definition) is 5. The van der Waals surface area contributed by atoms with Crippen LogP contribution in [-0.2, 0) is 24.3 Å². The molecule has 0 saturated carbocycles. The van der Waals surface area contributed by atoms with E-state index in [0.29, 0.717) is 43.1 Å². The van der Waals surface area contributed by atoms with E-state index >= 15 is 0 Å². The second kappa shape index (κ2) is 10.8. The molecule has 1 aromatic carbocycles. The highest BCUT2D eigenvalue weighted by Gasteiger charge is 2.35. The predicted octanol–water partition coefficient (Wildman–Crippen LogP) is 2.92. The molecule has 36 heavy (non-hydrogen) atoms. The average Bonchev–Trinajstić information content (AvgIpc) is 3.39. The topological polar surface area (TPSA) is 69.6 Å². The number of piperidine rings is 1. The van der Waals surface area contributed by atoms with Gasteiger partial charge in [-0.15, -0.1) is 0 Å². The lowest BCUT2D eigenvalue weighted by Crippen LogP contribution is -2.48. The second-order valence-corrected chi connectivity index (χ2v) is 10.8. The van der Waals surface area contributed by atoms with Crippen LogP contribution in [0.5, 0.6) is 0 Å². The number of hydrogen-bond donors (Lipinski definition) is 2. The lowest BCUT2D eigenvalue weighted by atomic mass is 9.96. The monoisotopic (exact) mass is 495 g/mol. The molecule has 0 radical (unpaired) electrons. The molecule has 5 rings (SSSR count). The molecule has 3 aliphatic heterocycles.